The maximum absolute atomic E-state index is 12.9. The average molecular weight is 370 g/mol. The lowest BCUT2D eigenvalue weighted by atomic mass is 9.97. The molecule has 0 saturated heterocycles. The van der Waals surface area contributed by atoms with Crippen molar-refractivity contribution in [2.75, 3.05) is 28.3 Å². The first-order valence-corrected chi connectivity index (χ1v) is 8.67. The van der Waals surface area contributed by atoms with Gasteiger partial charge in [-0.1, -0.05) is 0 Å². The predicted octanol–water partition coefficient (Wildman–Crippen LogP) is 2.14. The van der Waals surface area contributed by atoms with Crippen LogP contribution in [-0.2, 0) is 6.54 Å². The minimum Gasteiger partial charge on any atom is -0.507 e. The van der Waals surface area contributed by atoms with Gasteiger partial charge in [0.15, 0.2) is 5.58 Å². The third-order valence-electron chi connectivity index (χ3n) is 4.62. The Balaban J connectivity index is 2.31. The molecule has 2 aromatic carbocycles. The van der Waals surface area contributed by atoms with Crippen molar-refractivity contribution in [2.24, 2.45) is 0 Å². The fourth-order valence-electron chi connectivity index (χ4n) is 3.30. The van der Waals surface area contributed by atoms with Crippen LogP contribution in [0.1, 0.15) is 11.1 Å². The first kappa shape index (κ1) is 18.8. The summed E-state index contributed by atoms with van der Waals surface area (Å²) in [7, 11) is 7.07. The zero-order valence-corrected chi connectivity index (χ0v) is 16.2. The van der Waals surface area contributed by atoms with Crippen LogP contribution in [0.3, 0.4) is 0 Å². The van der Waals surface area contributed by atoms with Crippen molar-refractivity contribution in [3.05, 3.63) is 51.9 Å². The molecule has 6 nitrogen and oxygen atoms in total. The second-order valence-corrected chi connectivity index (χ2v) is 6.78. The quantitative estimate of drug-likeness (QED) is 0.673. The SMILES string of the molecule is COc1ccc(-c2c(C)c3ccc(O)c(C[NH+](C)C)c3oc2=O)c(OC)c1. The number of hydrogen-bond donors (Lipinski definition) is 2. The first-order chi connectivity index (χ1) is 12.9. The van der Waals surface area contributed by atoms with Gasteiger partial charge in [-0.2, -0.15) is 0 Å². The van der Waals surface area contributed by atoms with Gasteiger partial charge in [0.25, 0.3) is 0 Å². The van der Waals surface area contributed by atoms with Gasteiger partial charge in [-0.25, -0.2) is 4.79 Å². The highest BCUT2D eigenvalue weighted by atomic mass is 16.5. The monoisotopic (exact) mass is 370 g/mol. The standard InChI is InChI=1S/C21H23NO5/c1-12-14-8-9-17(23)16(11-22(2)3)20(14)27-21(24)19(12)15-7-6-13(25-4)10-18(15)26-5/h6-10,23H,11H2,1-5H3/p+1. The van der Waals surface area contributed by atoms with E-state index in [0.717, 1.165) is 15.8 Å². The summed E-state index contributed by atoms with van der Waals surface area (Å²) in [6, 6.07) is 8.71. The maximum atomic E-state index is 12.9. The van der Waals surface area contributed by atoms with Crippen molar-refractivity contribution >= 4 is 11.0 Å². The van der Waals surface area contributed by atoms with Crippen LogP contribution in [0.5, 0.6) is 17.2 Å². The van der Waals surface area contributed by atoms with E-state index in [-0.39, 0.29) is 5.75 Å². The highest BCUT2D eigenvalue weighted by Gasteiger charge is 2.21. The van der Waals surface area contributed by atoms with Gasteiger partial charge in [-0.15, -0.1) is 0 Å². The maximum Gasteiger partial charge on any atom is 0.344 e. The Labute approximate surface area is 157 Å². The molecule has 0 spiro atoms. The third-order valence-corrected chi connectivity index (χ3v) is 4.62. The second kappa shape index (κ2) is 7.32. The Morgan fingerprint density at radius 3 is 2.48 bits per heavy atom. The first-order valence-electron chi connectivity index (χ1n) is 8.67. The molecule has 0 aliphatic heterocycles. The number of rotatable bonds is 5. The summed E-state index contributed by atoms with van der Waals surface area (Å²) >= 11 is 0. The van der Waals surface area contributed by atoms with E-state index in [0.29, 0.717) is 40.3 Å². The van der Waals surface area contributed by atoms with Crippen LogP contribution < -0.4 is 20.0 Å². The van der Waals surface area contributed by atoms with Crippen LogP contribution >= 0.6 is 0 Å². The third kappa shape index (κ3) is 3.36. The molecule has 0 aliphatic carbocycles. The van der Waals surface area contributed by atoms with Gasteiger partial charge in [0.2, 0.25) is 0 Å². The highest BCUT2D eigenvalue weighted by Crippen LogP contribution is 2.37. The molecule has 2 N–H and O–H groups in total. The number of aromatic hydroxyl groups is 1. The lowest BCUT2D eigenvalue weighted by molar-refractivity contribution is -0.872. The molecule has 142 valence electrons. The predicted molar refractivity (Wildman–Crippen MR) is 104 cm³/mol. The molecule has 3 aromatic rings. The topological polar surface area (TPSA) is 73.3 Å². The molecule has 0 radical (unpaired) electrons. The number of quaternary nitrogens is 1. The number of benzene rings is 2. The van der Waals surface area contributed by atoms with Crippen LogP contribution in [0.2, 0.25) is 0 Å². The molecule has 0 amide bonds. The summed E-state index contributed by atoms with van der Waals surface area (Å²) in [5.74, 6) is 1.29. The van der Waals surface area contributed by atoms with Crippen LogP contribution in [0.15, 0.2) is 39.5 Å². The number of fused-ring (bicyclic) bond motifs is 1. The Morgan fingerprint density at radius 2 is 1.85 bits per heavy atom. The molecule has 3 rings (SSSR count). The molecule has 1 aromatic heterocycles. The van der Waals surface area contributed by atoms with E-state index in [1.165, 1.54) is 0 Å². The van der Waals surface area contributed by atoms with E-state index in [9.17, 15) is 9.90 Å². The summed E-state index contributed by atoms with van der Waals surface area (Å²) in [6.45, 7) is 2.42. The van der Waals surface area contributed by atoms with E-state index in [4.69, 9.17) is 13.9 Å². The van der Waals surface area contributed by atoms with Crippen LogP contribution in [0, 0.1) is 6.92 Å². The number of hydrogen-bond acceptors (Lipinski definition) is 5. The van der Waals surface area contributed by atoms with Crippen LogP contribution in [0.4, 0.5) is 0 Å². The summed E-state index contributed by atoms with van der Waals surface area (Å²) in [6.07, 6.45) is 0. The highest BCUT2D eigenvalue weighted by molar-refractivity contribution is 5.90. The zero-order chi connectivity index (χ0) is 19.7. The number of ether oxygens (including phenoxy) is 2. The molecule has 6 heteroatoms. The largest absolute Gasteiger partial charge is 0.507 e. The van der Waals surface area contributed by atoms with E-state index in [1.54, 1.807) is 44.6 Å². The van der Waals surface area contributed by atoms with Gasteiger partial charge in [-0.05, 0) is 36.8 Å². The summed E-state index contributed by atoms with van der Waals surface area (Å²) in [5, 5.41) is 11.0. The molecule has 0 aliphatic rings. The Kier molecular flexibility index (Phi) is 5.10. The molecular weight excluding hydrogens is 346 g/mol. The Morgan fingerprint density at radius 1 is 1.11 bits per heavy atom. The van der Waals surface area contributed by atoms with E-state index >= 15 is 0 Å². The number of nitrogens with one attached hydrogen (secondary N) is 1. The van der Waals surface area contributed by atoms with Crippen molar-refractivity contribution in [1.29, 1.82) is 0 Å². The number of phenolic OH excluding ortho intramolecular Hbond substituents is 1. The van der Waals surface area contributed by atoms with Gasteiger partial charge in [0, 0.05) is 17.0 Å². The normalized spacial score (nSPS) is 11.2. The van der Waals surface area contributed by atoms with Gasteiger partial charge in [0.1, 0.15) is 23.8 Å². The van der Waals surface area contributed by atoms with E-state index in [2.05, 4.69) is 0 Å². The van der Waals surface area contributed by atoms with E-state index < -0.39 is 5.63 Å². The van der Waals surface area contributed by atoms with Crippen molar-refractivity contribution in [2.45, 2.75) is 13.5 Å². The summed E-state index contributed by atoms with van der Waals surface area (Å²) in [4.78, 5) is 14.0. The van der Waals surface area contributed by atoms with Crippen molar-refractivity contribution in [3.8, 4) is 28.4 Å². The Hall–Kier alpha value is -2.99. The second-order valence-electron chi connectivity index (χ2n) is 6.78. The fourth-order valence-corrected chi connectivity index (χ4v) is 3.30. The van der Waals surface area contributed by atoms with Gasteiger partial charge >= 0.3 is 5.63 Å². The average Bonchev–Trinajstić information content (AvgIpc) is 2.64. The van der Waals surface area contributed by atoms with Crippen molar-refractivity contribution in [1.82, 2.24) is 0 Å². The Bertz CT molecular complexity index is 1050. The van der Waals surface area contributed by atoms with Crippen molar-refractivity contribution in [3.63, 3.8) is 0 Å². The minimum absolute atomic E-state index is 0.126. The molecule has 0 unspecified atom stereocenters. The molecular formula is C21H24NO5+. The molecule has 27 heavy (non-hydrogen) atoms. The summed E-state index contributed by atoms with van der Waals surface area (Å²) < 4.78 is 16.4. The lowest BCUT2D eigenvalue weighted by Crippen LogP contribution is -3.04. The van der Waals surface area contributed by atoms with Crippen molar-refractivity contribution < 1.29 is 23.9 Å². The van der Waals surface area contributed by atoms with Gasteiger partial charge in [-0.3, -0.25) is 0 Å². The zero-order valence-electron chi connectivity index (χ0n) is 16.2. The molecule has 1 heterocycles. The molecule has 0 bridgehead atoms. The summed E-state index contributed by atoms with van der Waals surface area (Å²) in [5.41, 5.74) is 2.44. The van der Waals surface area contributed by atoms with E-state index in [1.807, 2.05) is 21.0 Å². The molecule has 0 fully saturated rings. The van der Waals surface area contributed by atoms with Gasteiger partial charge in [0.05, 0.1) is 39.4 Å². The number of aryl methyl sites for hydroxylation is 1. The number of methoxy groups -OCH3 is 2. The molecule has 0 saturated carbocycles. The smallest absolute Gasteiger partial charge is 0.344 e. The van der Waals surface area contributed by atoms with Gasteiger partial charge < -0.3 is 23.9 Å². The van der Waals surface area contributed by atoms with Crippen LogP contribution in [0.25, 0.3) is 22.1 Å². The lowest BCUT2D eigenvalue weighted by Gasteiger charge is -2.15. The molecule has 0 atom stereocenters. The number of phenols is 1. The van der Waals surface area contributed by atoms with Crippen LogP contribution in [-0.4, -0.2) is 33.4 Å². The fraction of sp³-hybridized carbons (Fsp3) is 0.286. The minimum atomic E-state index is -0.468.